The highest BCUT2D eigenvalue weighted by Gasteiger charge is 2.29. The van der Waals surface area contributed by atoms with Crippen LogP contribution in [0.5, 0.6) is 5.75 Å². The Morgan fingerprint density at radius 2 is 1.23 bits per heavy atom. The van der Waals surface area contributed by atoms with E-state index >= 15 is 0 Å². The summed E-state index contributed by atoms with van der Waals surface area (Å²) < 4.78 is 6.22. The predicted molar refractivity (Wildman–Crippen MR) is 130 cm³/mol. The van der Waals surface area contributed by atoms with E-state index in [-0.39, 0.29) is 16.8 Å². The highest BCUT2D eigenvalue weighted by molar-refractivity contribution is 5.98. The molecular weight excluding hydrogens is 380 g/mol. The van der Waals surface area contributed by atoms with Gasteiger partial charge >= 0.3 is 5.97 Å². The molecule has 31 heavy (non-hydrogen) atoms. The fourth-order valence-corrected chi connectivity index (χ4v) is 3.79. The number of hydrogen-bond acceptors (Lipinski definition) is 2. The van der Waals surface area contributed by atoms with Gasteiger partial charge in [-0.25, -0.2) is 4.79 Å². The number of aryl methyl sites for hydroxylation is 2. The molecule has 0 saturated carbocycles. The molecule has 2 heteroatoms. The predicted octanol–water partition coefficient (Wildman–Crippen LogP) is 7.78. The minimum absolute atomic E-state index is 0.155. The van der Waals surface area contributed by atoms with Gasteiger partial charge < -0.3 is 4.74 Å². The second-order valence-corrected chi connectivity index (χ2v) is 10.5. The summed E-state index contributed by atoms with van der Waals surface area (Å²) in [5.74, 6) is 0.366. The largest absolute Gasteiger partial charge is 0.422 e. The van der Waals surface area contributed by atoms with Gasteiger partial charge in [0.05, 0.1) is 5.56 Å². The molecule has 0 N–H and O–H groups in total. The van der Waals surface area contributed by atoms with Crippen molar-refractivity contribution in [1.82, 2.24) is 0 Å². The van der Waals surface area contributed by atoms with Crippen LogP contribution in [0, 0.1) is 13.8 Å². The number of hydrogen-bond donors (Lipinski definition) is 0. The highest BCUT2D eigenvalue weighted by Crippen LogP contribution is 2.41. The normalized spacial score (nSPS) is 12.0. The van der Waals surface area contributed by atoms with Crippen molar-refractivity contribution in [2.24, 2.45) is 0 Å². The lowest BCUT2D eigenvalue weighted by atomic mass is 9.78. The molecule has 0 unspecified atom stereocenters. The van der Waals surface area contributed by atoms with Crippen molar-refractivity contribution in [3.63, 3.8) is 0 Å². The molecule has 0 aliphatic carbocycles. The van der Waals surface area contributed by atoms with Crippen molar-refractivity contribution in [2.45, 2.75) is 66.2 Å². The van der Waals surface area contributed by atoms with Crippen LogP contribution < -0.4 is 4.74 Å². The van der Waals surface area contributed by atoms with E-state index < -0.39 is 0 Å². The molecule has 0 atom stereocenters. The van der Waals surface area contributed by atoms with Crippen molar-refractivity contribution in [1.29, 1.82) is 0 Å². The van der Waals surface area contributed by atoms with Crippen LogP contribution in [0.2, 0.25) is 0 Å². The summed E-state index contributed by atoms with van der Waals surface area (Å²) in [6.45, 7) is 17.1. The molecule has 3 aromatic rings. The van der Waals surface area contributed by atoms with Crippen LogP contribution in [-0.4, -0.2) is 5.97 Å². The van der Waals surface area contributed by atoms with Gasteiger partial charge in [0.15, 0.2) is 0 Å². The van der Waals surface area contributed by atoms with E-state index in [1.165, 1.54) is 11.1 Å². The van der Waals surface area contributed by atoms with E-state index in [2.05, 4.69) is 91.8 Å². The Bertz CT molecular complexity index is 1060. The van der Waals surface area contributed by atoms with Crippen LogP contribution in [0.3, 0.4) is 0 Å². The van der Waals surface area contributed by atoms with Gasteiger partial charge in [0, 0.05) is 11.1 Å². The van der Waals surface area contributed by atoms with E-state index in [1.54, 1.807) is 0 Å². The van der Waals surface area contributed by atoms with E-state index in [0.717, 1.165) is 22.3 Å². The zero-order chi connectivity index (χ0) is 23.0. The first-order valence-electron chi connectivity index (χ1n) is 10.9. The number of carbonyl (C=O) groups is 1. The number of benzene rings is 3. The maximum absolute atomic E-state index is 13.5. The fourth-order valence-electron chi connectivity index (χ4n) is 3.79. The molecule has 0 saturated heterocycles. The average molecular weight is 415 g/mol. The van der Waals surface area contributed by atoms with Crippen LogP contribution in [0.4, 0.5) is 0 Å². The zero-order valence-corrected chi connectivity index (χ0v) is 20.1. The summed E-state index contributed by atoms with van der Waals surface area (Å²) in [7, 11) is 0. The van der Waals surface area contributed by atoms with Gasteiger partial charge in [-0.2, -0.15) is 0 Å². The van der Waals surface area contributed by atoms with Crippen molar-refractivity contribution >= 4 is 5.97 Å². The second-order valence-electron chi connectivity index (χ2n) is 10.5. The van der Waals surface area contributed by atoms with Gasteiger partial charge in [-0.3, -0.25) is 0 Å². The van der Waals surface area contributed by atoms with Gasteiger partial charge in [-0.1, -0.05) is 107 Å². The van der Waals surface area contributed by atoms with E-state index in [0.29, 0.717) is 11.3 Å². The van der Waals surface area contributed by atoms with Crippen molar-refractivity contribution < 1.29 is 9.53 Å². The Labute approximate surface area is 187 Å². The second kappa shape index (κ2) is 8.34. The quantitative estimate of drug-likeness (QED) is 0.323. The third kappa shape index (κ3) is 5.07. The van der Waals surface area contributed by atoms with Crippen molar-refractivity contribution in [3.05, 3.63) is 88.5 Å². The van der Waals surface area contributed by atoms with E-state index in [9.17, 15) is 4.79 Å². The Morgan fingerprint density at radius 3 is 1.74 bits per heavy atom. The third-order valence-corrected chi connectivity index (χ3v) is 5.55. The molecule has 0 fully saturated rings. The molecule has 0 bridgehead atoms. The molecule has 0 aromatic heterocycles. The Hall–Kier alpha value is -2.87. The maximum Gasteiger partial charge on any atom is 0.344 e. The number of rotatable bonds is 3. The van der Waals surface area contributed by atoms with Gasteiger partial charge in [0.2, 0.25) is 0 Å². The number of ether oxygens (including phenoxy) is 1. The fraction of sp³-hybridized carbons (Fsp3) is 0.345. The van der Waals surface area contributed by atoms with Gasteiger partial charge in [-0.15, -0.1) is 0 Å². The summed E-state index contributed by atoms with van der Waals surface area (Å²) in [6, 6.07) is 20.2. The highest BCUT2D eigenvalue weighted by atomic mass is 16.5. The Morgan fingerprint density at radius 1 is 0.710 bits per heavy atom. The first-order valence-corrected chi connectivity index (χ1v) is 10.9. The van der Waals surface area contributed by atoms with Crippen LogP contribution in [-0.2, 0) is 10.8 Å². The summed E-state index contributed by atoms with van der Waals surface area (Å²) in [5, 5.41) is 0. The standard InChI is InChI=1S/C29H34O2/c1-19-13-15-21(16-14-19)22-11-9-10-12-23(22)27(30)31-26-24(28(3,4)5)17-20(2)18-25(26)29(6,7)8/h9-18H,1-8H3. The lowest BCUT2D eigenvalue weighted by Crippen LogP contribution is -2.22. The summed E-state index contributed by atoms with van der Waals surface area (Å²) >= 11 is 0. The van der Waals surface area contributed by atoms with Crippen molar-refractivity contribution in [2.75, 3.05) is 0 Å². The molecule has 3 aromatic carbocycles. The molecule has 0 spiro atoms. The van der Waals surface area contributed by atoms with Crippen molar-refractivity contribution in [3.8, 4) is 16.9 Å². The van der Waals surface area contributed by atoms with E-state index in [4.69, 9.17) is 4.74 Å². The lowest BCUT2D eigenvalue weighted by Gasteiger charge is -2.30. The monoisotopic (exact) mass is 414 g/mol. The maximum atomic E-state index is 13.5. The van der Waals surface area contributed by atoms with Crippen LogP contribution in [0.25, 0.3) is 11.1 Å². The summed E-state index contributed by atoms with van der Waals surface area (Å²) in [5.41, 5.74) is 6.63. The van der Waals surface area contributed by atoms with Gasteiger partial charge in [0.25, 0.3) is 0 Å². The molecule has 0 heterocycles. The van der Waals surface area contributed by atoms with Crippen LogP contribution >= 0.6 is 0 Å². The van der Waals surface area contributed by atoms with Gasteiger partial charge in [-0.05, 0) is 41.9 Å². The summed E-state index contributed by atoms with van der Waals surface area (Å²) in [4.78, 5) is 13.5. The molecular formula is C29H34O2. The Balaban J connectivity index is 2.12. The minimum atomic E-state index is -0.323. The molecule has 0 radical (unpaired) electrons. The van der Waals surface area contributed by atoms with E-state index in [1.807, 2.05) is 24.3 Å². The zero-order valence-electron chi connectivity index (χ0n) is 20.1. The third-order valence-electron chi connectivity index (χ3n) is 5.55. The van der Waals surface area contributed by atoms with Crippen LogP contribution in [0.15, 0.2) is 60.7 Å². The first-order chi connectivity index (χ1) is 14.4. The molecule has 162 valence electrons. The first kappa shape index (κ1) is 22.8. The van der Waals surface area contributed by atoms with Crippen LogP contribution in [0.1, 0.15) is 74.2 Å². The minimum Gasteiger partial charge on any atom is -0.422 e. The number of esters is 1. The molecule has 0 aliphatic rings. The summed E-state index contributed by atoms with van der Waals surface area (Å²) in [6.07, 6.45) is 0. The lowest BCUT2D eigenvalue weighted by molar-refractivity contribution is 0.0729. The topological polar surface area (TPSA) is 26.3 Å². The molecule has 0 aliphatic heterocycles. The molecule has 0 amide bonds. The Kier molecular flexibility index (Phi) is 6.14. The molecule has 2 nitrogen and oxygen atoms in total. The SMILES string of the molecule is Cc1ccc(-c2ccccc2C(=O)Oc2c(C(C)(C)C)cc(C)cc2C(C)(C)C)cc1. The molecule has 3 rings (SSSR count). The number of carbonyl (C=O) groups excluding carboxylic acids is 1. The van der Waals surface area contributed by atoms with Gasteiger partial charge in [0.1, 0.15) is 5.75 Å². The smallest absolute Gasteiger partial charge is 0.344 e. The average Bonchev–Trinajstić information content (AvgIpc) is 2.68.